The fraction of sp³-hybridized carbons (Fsp3) is 0.444. The van der Waals surface area contributed by atoms with E-state index >= 15 is 0 Å². The lowest BCUT2D eigenvalue weighted by Crippen LogP contribution is -2.35. The van der Waals surface area contributed by atoms with Crippen LogP contribution in [0.15, 0.2) is 53.6 Å². The van der Waals surface area contributed by atoms with E-state index in [1.165, 1.54) is 11.6 Å². The van der Waals surface area contributed by atoms with Gasteiger partial charge in [-0.15, -0.1) is 11.8 Å². The van der Waals surface area contributed by atoms with Gasteiger partial charge < -0.3 is 14.2 Å². The van der Waals surface area contributed by atoms with Crippen molar-refractivity contribution in [3.63, 3.8) is 0 Å². The second-order valence-electron chi connectivity index (χ2n) is 8.67. The number of pyridine rings is 1. The van der Waals surface area contributed by atoms with Gasteiger partial charge in [-0.05, 0) is 60.9 Å². The van der Waals surface area contributed by atoms with Crippen LogP contribution in [0.3, 0.4) is 0 Å². The number of unbranched alkanes of at least 4 members (excludes halogenated alkanes) is 2. The Bertz CT molecular complexity index is 1140. The monoisotopic (exact) mass is 520 g/mol. The molecule has 0 bridgehead atoms. The summed E-state index contributed by atoms with van der Waals surface area (Å²) >= 11 is 1.65. The number of alkyl halides is 3. The van der Waals surface area contributed by atoms with Gasteiger partial charge in [-0.25, -0.2) is 0 Å². The van der Waals surface area contributed by atoms with Crippen molar-refractivity contribution in [2.45, 2.75) is 36.9 Å². The topological polar surface area (TPSA) is 43.8 Å². The van der Waals surface area contributed by atoms with E-state index in [0.717, 1.165) is 91.8 Å². The van der Waals surface area contributed by atoms with E-state index in [1.54, 1.807) is 25.1 Å². The zero-order chi connectivity index (χ0) is 25.4. The van der Waals surface area contributed by atoms with Gasteiger partial charge in [0.1, 0.15) is 0 Å². The lowest BCUT2D eigenvalue weighted by Gasteiger charge is -2.26. The first-order valence-corrected chi connectivity index (χ1v) is 13.1. The maximum atomic E-state index is 13.0. The van der Waals surface area contributed by atoms with E-state index in [2.05, 4.69) is 16.0 Å². The zero-order valence-electron chi connectivity index (χ0n) is 20.4. The molecule has 0 aliphatic carbocycles. The Kier molecular flexibility index (Phi) is 9.34. The number of benzene rings is 2. The number of fused-ring (bicyclic) bond motifs is 1. The number of ether oxygens (including phenoxy) is 3. The summed E-state index contributed by atoms with van der Waals surface area (Å²) in [5.74, 6) is 2.37. The Balaban J connectivity index is 1.20. The molecule has 1 aromatic heterocycles. The summed E-state index contributed by atoms with van der Waals surface area (Å²) in [7, 11) is 1.66. The van der Waals surface area contributed by atoms with Gasteiger partial charge in [0, 0.05) is 36.1 Å². The van der Waals surface area contributed by atoms with Crippen LogP contribution in [-0.4, -0.2) is 55.7 Å². The first-order valence-electron chi connectivity index (χ1n) is 12.1. The zero-order valence-corrected chi connectivity index (χ0v) is 21.2. The van der Waals surface area contributed by atoms with Crippen LogP contribution in [-0.2, 0) is 17.5 Å². The van der Waals surface area contributed by atoms with Gasteiger partial charge in [0.15, 0.2) is 11.5 Å². The van der Waals surface area contributed by atoms with Crippen molar-refractivity contribution in [1.29, 1.82) is 0 Å². The number of hydrogen-bond donors (Lipinski definition) is 0. The lowest BCUT2D eigenvalue weighted by molar-refractivity contribution is -0.137. The molecule has 3 aromatic rings. The van der Waals surface area contributed by atoms with Crippen LogP contribution < -0.4 is 9.47 Å². The highest BCUT2D eigenvalue weighted by Crippen LogP contribution is 2.34. The van der Waals surface area contributed by atoms with Gasteiger partial charge >= 0.3 is 6.18 Å². The highest BCUT2D eigenvalue weighted by atomic mass is 32.2. The summed E-state index contributed by atoms with van der Waals surface area (Å²) in [6.45, 7) is 4.90. The lowest BCUT2D eigenvalue weighted by atomic mass is 10.1. The first kappa shape index (κ1) is 26.6. The molecule has 194 valence electrons. The molecule has 0 saturated carbocycles. The van der Waals surface area contributed by atoms with Gasteiger partial charge in [0.25, 0.3) is 0 Å². The minimum absolute atomic E-state index is 0.369. The molecule has 9 heteroatoms. The largest absolute Gasteiger partial charge is 0.493 e. The molecular weight excluding hydrogens is 489 g/mol. The molecule has 1 aliphatic heterocycles. The van der Waals surface area contributed by atoms with Gasteiger partial charge in [-0.3, -0.25) is 9.88 Å². The third-order valence-electron chi connectivity index (χ3n) is 6.07. The molecule has 0 atom stereocenters. The number of rotatable bonds is 11. The van der Waals surface area contributed by atoms with Crippen molar-refractivity contribution in [3.05, 3.63) is 59.8 Å². The molecule has 36 heavy (non-hydrogen) atoms. The van der Waals surface area contributed by atoms with Gasteiger partial charge in [-0.1, -0.05) is 12.1 Å². The molecule has 0 N–H and O–H groups in total. The summed E-state index contributed by atoms with van der Waals surface area (Å²) in [5.41, 5.74) is 0.887. The van der Waals surface area contributed by atoms with Crippen molar-refractivity contribution < 1.29 is 27.4 Å². The molecule has 0 radical (unpaired) electrons. The van der Waals surface area contributed by atoms with Crippen molar-refractivity contribution in [1.82, 2.24) is 9.88 Å². The fourth-order valence-electron chi connectivity index (χ4n) is 4.12. The highest BCUT2D eigenvalue weighted by Gasteiger charge is 2.30. The molecule has 1 fully saturated rings. The van der Waals surface area contributed by atoms with E-state index in [9.17, 15) is 13.2 Å². The number of morpholine rings is 1. The molecule has 1 aliphatic rings. The van der Waals surface area contributed by atoms with Crippen LogP contribution in [0.4, 0.5) is 13.2 Å². The fourth-order valence-corrected chi connectivity index (χ4v) is 5.17. The van der Waals surface area contributed by atoms with Crippen LogP contribution >= 0.6 is 11.8 Å². The predicted molar refractivity (Wildman–Crippen MR) is 136 cm³/mol. The Labute approximate surface area is 213 Å². The second kappa shape index (κ2) is 12.7. The third-order valence-corrected chi connectivity index (χ3v) is 7.23. The highest BCUT2D eigenvalue weighted by molar-refractivity contribution is 7.99. The summed E-state index contributed by atoms with van der Waals surface area (Å²) in [4.78, 5) is 7.43. The molecule has 2 aromatic carbocycles. The minimum atomic E-state index is -4.37. The van der Waals surface area contributed by atoms with Crippen LogP contribution in [0.1, 0.15) is 30.4 Å². The van der Waals surface area contributed by atoms with Crippen molar-refractivity contribution in [3.8, 4) is 11.5 Å². The van der Waals surface area contributed by atoms with E-state index in [1.807, 2.05) is 18.2 Å². The number of aromatic nitrogens is 1. The molecular formula is C27H31F3N2O3S. The number of halogens is 3. The molecule has 4 rings (SSSR count). The normalized spacial score (nSPS) is 14.8. The molecule has 2 heterocycles. The Morgan fingerprint density at radius 1 is 1.00 bits per heavy atom. The smallest absolute Gasteiger partial charge is 0.416 e. The Morgan fingerprint density at radius 2 is 1.83 bits per heavy atom. The van der Waals surface area contributed by atoms with E-state index in [-0.39, 0.29) is 0 Å². The summed E-state index contributed by atoms with van der Waals surface area (Å²) in [6, 6.07) is 11.7. The summed E-state index contributed by atoms with van der Waals surface area (Å²) < 4.78 is 55.8. The van der Waals surface area contributed by atoms with E-state index in [0.29, 0.717) is 12.1 Å². The first-order chi connectivity index (χ1) is 17.4. The second-order valence-corrected chi connectivity index (χ2v) is 9.81. The molecule has 0 spiro atoms. The molecule has 0 unspecified atom stereocenters. The van der Waals surface area contributed by atoms with Crippen LogP contribution in [0.25, 0.3) is 10.9 Å². The maximum Gasteiger partial charge on any atom is 0.416 e. The van der Waals surface area contributed by atoms with Crippen LogP contribution in [0, 0.1) is 0 Å². The average molecular weight is 521 g/mol. The Morgan fingerprint density at radius 3 is 2.61 bits per heavy atom. The quantitative estimate of drug-likeness (QED) is 0.214. The predicted octanol–water partition coefficient (Wildman–Crippen LogP) is 6.44. The number of hydrogen-bond acceptors (Lipinski definition) is 6. The number of nitrogens with zero attached hydrogens (tertiary/aromatic N) is 2. The van der Waals surface area contributed by atoms with Crippen LogP contribution in [0.2, 0.25) is 0 Å². The van der Waals surface area contributed by atoms with Gasteiger partial charge in [0.2, 0.25) is 0 Å². The average Bonchev–Trinajstić information content (AvgIpc) is 2.88. The van der Waals surface area contributed by atoms with Gasteiger partial charge in [0.05, 0.1) is 38.0 Å². The number of methoxy groups -OCH3 is 1. The van der Waals surface area contributed by atoms with Crippen molar-refractivity contribution in [2.24, 2.45) is 0 Å². The van der Waals surface area contributed by atoms with Crippen molar-refractivity contribution >= 4 is 22.7 Å². The summed E-state index contributed by atoms with van der Waals surface area (Å²) in [6.07, 6.45) is 0.0827. The van der Waals surface area contributed by atoms with Crippen molar-refractivity contribution in [2.75, 3.05) is 45.8 Å². The summed E-state index contributed by atoms with van der Waals surface area (Å²) in [5, 5.41) is 0.753. The van der Waals surface area contributed by atoms with E-state index in [4.69, 9.17) is 14.2 Å². The molecule has 0 amide bonds. The third kappa shape index (κ3) is 7.27. The maximum absolute atomic E-state index is 13.0. The molecule has 1 saturated heterocycles. The standard InChI is InChI=1S/C27H31F3N2O3S/c1-33-25-17-20(19-32-11-14-34-15-12-32)5-8-24(25)35-13-3-2-4-16-36-26-9-10-31-23-18-21(27(28,29)30)6-7-22(23)26/h5-10,17-18H,2-4,11-16,19H2,1H3. The molecule has 5 nitrogen and oxygen atoms in total. The number of thioether (sulfide) groups is 1. The minimum Gasteiger partial charge on any atom is -0.493 e. The van der Waals surface area contributed by atoms with E-state index < -0.39 is 11.7 Å². The van der Waals surface area contributed by atoms with Crippen LogP contribution in [0.5, 0.6) is 11.5 Å². The Hall–Kier alpha value is -2.49. The van der Waals surface area contributed by atoms with Gasteiger partial charge in [-0.2, -0.15) is 13.2 Å². The SMILES string of the molecule is COc1cc(CN2CCOCC2)ccc1OCCCCCSc1ccnc2cc(C(F)(F)F)ccc12.